The molecule has 0 bridgehead atoms. The molecule has 9 nitrogen and oxygen atoms in total. The number of carbonyl (C=O) groups excluding carboxylic acids is 1. The fraction of sp³-hybridized carbons (Fsp3) is 0.278. The summed E-state index contributed by atoms with van der Waals surface area (Å²) in [5.74, 6) is -0.545. The number of non-ortho nitro benzene ring substituents is 1. The van der Waals surface area contributed by atoms with Crippen LogP contribution in [0.25, 0.3) is 0 Å². The van der Waals surface area contributed by atoms with Gasteiger partial charge in [0.15, 0.2) is 0 Å². The van der Waals surface area contributed by atoms with Crippen LogP contribution in [-0.2, 0) is 6.54 Å². The molecule has 0 saturated carbocycles. The minimum atomic E-state index is -0.829. The van der Waals surface area contributed by atoms with Crippen LogP contribution in [0.2, 0.25) is 5.02 Å². The van der Waals surface area contributed by atoms with E-state index in [9.17, 15) is 25.0 Å². The van der Waals surface area contributed by atoms with Crippen LogP contribution in [0.15, 0.2) is 42.5 Å². The fourth-order valence-corrected chi connectivity index (χ4v) is 3.37. The van der Waals surface area contributed by atoms with E-state index in [1.54, 1.807) is 0 Å². The van der Waals surface area contributed by atoms with Crippen LogP contribution in [0.4, 0.5) is 11.4 Å². The monoisotopic (exact) mass is 404 g/mol. The van der Waals surface area contributed by atoms with Crippen molar-refractivity contribution < 1.29 is 14.6 Å². The van der Waals surface area contributed by atoms with Gasteiger partial charge in [-0.1, -0.05) is 41.9 Å². The number of nitrogens with zero attached hydrogens (tertiary/aromatic N) is 4. The van der Waals surface area contributed by atoms with Gasteiger partial charge in [0.05, 0.1) is 21.5 Å². The van der Waals surface area contributed by atoms with Crippen LogP contribution >= 0.6 is 11.6 Å². The molecule has 1 amide bonds. The van der Waals surface area contributed by atoms with Gasteiger partial charge in [-0.15, -0.1) is 0 Å². The van der Waals surface area contributed by atoms with Crippen LogP contribution in [-0.4, -0.2) is 51.7 Å². The number of hydrogen-bond donors (Lipinski definition) is 0. The number of nitro groups is 2. The highest BCUT2D eigenvalue weighted by atomic mass is 35.5. The van der Waals surface area contributed by atoms with Crippen LogP contribution in [0.3, 0.4) is 0 Å². The smallest absolute Gasteiger partial charge is 0.295 e. The Morgan fingerprint density at radius 3 is 2.21 bits per heavy atom. The zero-order valence-corrected chi connectivity index (χ0v) is 15.5. The number of hydrogen-bond acceptors (Lipinski definition) is 6. The van der Waals surface area contributed by atoms with Crippen LogP contribution < -0.4 is 0 Å². The third-order valence-corrected chi connectivity index (χ3v) is 4.98. The molecular formula is C18H17ClN4O5. The lowest BCUT2D eigenvalue weighted by atomic mass is 10.1. The molecule has 0 unspecified atom stereocenters. The summed E-state index contributed by atoms with van der Waals surface area (Å²) >= 11 is 6.01. The third kappa shape index (κ3) is 4.26. The van der Waals surface area contributed by atoms with Crippen LogP contribution in [0, 0.1) is 20.2 Å². The minimum Gasteiger partial charge on any atom is -0.336 e. The summed E-state index contributed by atoms with van der Waals surface area (Å²) in [6.45, 7) is 2.80. The average Bonchev–Trinajstić information content (AvgIpc) is 2.68. The Labute approximate surface area is 165 Å². The number of halogens is 1. The normalized spacial score (nSPS) is 14.7. The van der Waals surface area contributed by atoms with Crippen molar-refractivity contribution in [1.82, 2.24) is 9.80 Å². The average molecular weight is 405 g/mol. The van der Waals surface area contributed by atoms with Gasteiger partial charge >= 0.3 is 0 Å². The van der Waals surface area contributed by atoms with Crippen molar-refractivity contribution in [3.8, 4) is 0 Å². The van der Waals surface area contributed by atoms with Crippen molar-refractivity contribution in [3.05, 3.63) is 78.8 Å². The standard InChI is InChI=1S/C18H17ClN4O5/c19-17-15(10-14(22(25)26)11-16(17)23(27)28)18(24)21-8-6-20(7-9-21)12-13-4-2-1-3-5-13/h1-5,10-11H,6-9,12H2. The van der Waals surface area contributed by atoms with Crippen molar-refractivity contribution in [2.75, 3.05) is 26.2 Å². The maximum atomic E-state index is 12.8. The van der Waals surface area contributed by atoms with Gasteiger partial charge < -0.3 is 4.90 Å². The first kappa shape index (κ1) is 19.7. The number of piperazine rings is 1. The molecule has 1 saturated heterocycles. The lowest BCUT2D eigenvalue weighted by molar-refractivity contribution is -0.394. The van der Waals surface area contributed by atoms with Gasteiger partial charge in [0.2, 0.25) is 0 Å². The van der Waals surface area contributed by atoms with Gasteiger partial charge in [0.25, 0.3) is 17.3 Å². The van der Waals surface area contributed by atoms with Gasteiger partial charge in [-0.05, 0) is 5.56 Å². The highest BCUT2D eigenvalue weighted by Crippen LogP contribution is 2.33. The molecule has 2 aromatic rings. The summed E-state index contributed by atoms with van der Waals surface area (Å²) in [6.07, 6.45) is 0. The molecule has 0 radical (unpaired) electrons. The van der Waals surface area contributed by atoms with Gasteiger partial charge in [0, 0.05) is 38.8 Å². The van der Waals surface area contributed by atoms with E-state index < -0.39 is 27.1 Å². The van der Waals surface area contributed by atoms with E-state index in [0.717, 1.165) is 18.7 Å². The first-order valence-electron chi connectivity index (χ1n) is 8.54. The maximum Gasteiger partial charge on any atom is 0.295 e. The summed E-state index contributed by atoms with van der Waals surface area (Å²) in [4.78, 5) is 37.1. The number of carbonyl (C=O) groups is 1. The Hall–Kier alpha value is -3.04. The first-order valence-corrected chi connectivity index (χ1v) is 8.92. The van der Waals surface area contributed by atoms with E-state index in [0.29, 0.717) is 26.2 Å². The van der Waals surface area contributed by atoms with E-state index in [4.69, 9.17) is 11.6 Å². The van der Waals surface area contributed by atoms with Crippen molar-refractivity contribution >= 4 is 28.9 Å². The Balaban J connectivity index is 1.74. The Morgan fingerprint density at radius 1 is 1.00 bits per heavy atom. The van der Waals surface area contributed by atoms with Crippen molar-refractivity contribution in [2.24, 2.45) is 0 Å². The fourth-order valence-electron chi connectivity index (χ4n) is 3.11. The molecule has 1 fully saturated rings. The van der Waals surface area contributed by atoms with Crippen molar-refractivity contribution in [1.29, 1.82) is 0 Å². The van der Waals surface area contributed by atoms with Gasteiger partial charge in [-0.25, -0.2) is 0 Å². The second kappa shape index (κ2) is 8.32. The van der Waals surface area contributed by atoms with E-state index in [2.05, 4.69) is 4.90 Å². The van der Waals surface area contributed by atoms with Gasteiger partial charge in [0.1, 0.15) is 5.02 Å². The molecule has 0 spiro atoms. The summed E-state index contributed by atoms with van der Waals surface area (Å²) in [6, 6.07) is 11.7. The summed E-state index contributed by atoms with van der Waals surface area (Å²) in [5.41, 5.74) is -0.247. The van der Waals surface area contributed by atoms with Crippen molar-refractivity contribution in [2.45, 2.75) is 6.54 Å². The predicted octanol–water partition coefficient (Wildman–Crippen LogP) is 3.11. The molecule has 146 valence electrons. The predicted molar refractivity (Wildman–Crippen MR) is 102 cm³/mol. The summed E-state index contributed by atoms with van der Waals surface area (Å²) < 4.78 is 0. The van der Waals surface area contributed by atoms with E-state index >= 15 is 0 Å². The molecule has 0 aromatic heterocycles. The second-order valence-corrected chi connectivity index (χ2v) is 6.77. The van der Waals surface area contributed by atoms with Gasteiger partial charge in [-0.2, -0.15) is 0 Å². The molecule has 10 heteroatoms. The topological polar surface area (TPSA) is 110 Å². The largest absolute Gasteiger partial charge is 0.336 e. The first-order chi connectivity index (χ1) is 13.4. The van der Waals surface area contributed by atoms with E-state index in [1.165, 1.54) is 10.5 Å². The molecule has 0 aliphatic carbocycles. The number of rotatable bonds is 5. The Morgan fingerprint density at radius 2 is 1.64 bits per heavy atom. The molecule has 28 heavy (non-hydrogen) atoms. The summed E-state index contributed by atoms with van der Waals surface area (Å²) in [5, 5.41) is 21.8. The Bertz CT molecular complexity index is 914. The molecular weight excluding hydrogens is 388 g/mol. The zero-order valence-electron chi connectivity index (χ0n) is 14.8. The lowest BCUT2D eigenvalue weighted by Gasteiger charge is -2.34. The van der Waals surface area contributed by atoms with Crippen LogP contribution in [0.1, 0.15) is 15.9 Å². The SMILES string of the molecule is O=C(c1cc([N+](=O)[O-])cc([N+](=O)[O-])c1Cl)N1CCN(Cc2ccccc2)CC1. The highest BCUT2D eigenvalue weighted by Gasteiger charge is 2.30. The molecule has 0 N–H and O–H groups in total. The van der Waals surface area contributed by atoms with E-state index in [1.807, 2.05) is 30.3 Å². The van der Waals surface area contributed by atoms with E-state index in [-0.39, 0.29) is 10.6 Å². The molecule has 2 aromatic carbocycles. The zero-order chi connectivity index (χ0) is 20.3. The van der Waals surface area contributed by atoms with Gasteiger partial charge in [-0.3, -0.25) is 29.9 Å². The molecule has 1 aliphatic rings. The number of benzene rings is 2. The maximum absolute atomic E-state index is 12.8. The number of nitro benzene ring substituents is 2. The number of amides is 1. The molecule has 3 rings (SSSR count). The van der Waals surface area contributed by atoms with Crippen molar-refractivity contribution in [3.63, 3.8) is 0 Å². The minimum absolute atomic E-state index is 0.223. The summed E-state index contributed by atoms with van der Waals surface area (Å²) in [7, 11) is 0. The lowest BCUT2D eigenvalue weighted by Crippen LogP contribution is -2.48. The quantitative estimate of drug-likeness (QED) is 0.559. The third-order valence-electron chi connectivity index (χ3n) is 4.58. The second-order valence-electron chi connectivity index (χ2n) is 6.39. The molecule has 0 atom stereocenters. The molecule has 1 heterocycles. The Kier molecular flexibility index (Phi) is 5.86. The highest BCUT2D eigenvalue weighted by molar-refractivity contribution is 6.36. The molecule has 1 aliphatic heterocycles. The van der Waals surface area contributed by atoms with Crippen LogP contribution in [0.5, 0.6) is 0 Å².